The van der Waals surface area contributed by atoms with Gasteiger partial charge in [0.25, 0.3) is 0 Å². The first-order valence-electron chi connectivity index (χ1n) is 6.13. The predicted octanol–water partition coefficient (Wildman–Crippen LogP) is 0.812. The van der Waals surface area contributed by atoms with Gasteiger partial charge >= 0.3 is 5.97 Å². The number of nitrogens with one attached hydrogen (secondary N) is 1. The molecule has 21 heavy (non-hydrogen) atoms. The highest BCUT2D eigenvalue weighted by atomic mass is 16.4. The van der Waals surface area contributed by atoms with Gasteiger partial charge in [0, 0.05) is 37.6 Å². The molecule has 0 unspecified atom stereocenters. The molecule has 1 amide bonds. The SMILES string of the molecule is Cc1c(/C=C/C(=O)Nc2cn(C)nc2C(=O)O)cnn1C. The minimum atomic E-state index is -1.20. The minimum Gasteiger partial charge on any atom is -0.476 e. The van der Waals surface area contributed by atoms with Crippen molar-refractivity contribution in [3.63, 3.8) is 0 Å². The molecule has 0 spiro atoms. The molecule has 8 heteroatoms. The molecular weight excluding hydrogens is 274 g/mol. The molecule has 0 saturated heterocycles. The van der Waals surface area contributed by atoms with Crippen LogP contribution in [0.25, 0.3) is 6.08 Å². The van der Waals surface area contributed by atoms with Crippen molar-refractivity contribution in [1.82, 2.24) is 19.6 Å². The highest BCUT2D eigenvalue weighted by Crippen LogP contribution is 2.13. The Morgan fingerprint density at radius 1 is 1.38 bits per heavy atom. The average Bonchev–Trinajstić information content (AvgIpc) is 2.92. The molecule has 2 heterocycles. The van der Waals surface area contributed by atoms with Crippen molar-refractivity contribution in [3.05, 3.63) is 35.4 Å². The predicted molar refractivity (Wildman–Crippen MR) is 75.8 cm³/mol. The maximum absolute atomic E-state index is 11.8. The Labute approximate surface area is 120 Å². The molecule has 0 aliphatic rings. The van der Waals surface area contributed by atoms with Gasteiger partial charge in [-0.1, -0.05) is 0 Å². The number of carbonyl (C=O) groups excluding carboxylic acids is 1. The highest BCUT2D eigenvalue weighted by molar-refractivity contribution is 6.05. The fourth-order valence-electron chi connectivity index (χ4n) is 1.76. The number of rotatable bonds is 4. The molecule has 0 aromatic carbocycles. The van der Waals surface area contributed by atoms with Crippen LogP contribution in [0.5, 0.6) is 0 Å². The maximum atomic E-state index is 11.8. The third kappa shape index (κ3) is 3.16. The molecule has 2 aromatic heterocycles. The van der Waals surface area contributed by atoms with Crippen LogP contribution in [0, 0.1) is 6.92 Å². The molecule has 110 valence electrons. The van der Waals surface area contributed by atoms with Crippen molar-refractivity contribution >= 4 is 23.6 Å². The van der Waals surface area contributed by atoms with Crippen LogP contribution in [0.2, 0.25) is 0 Å². The lowest BCUT2D eigenvalue weighted by Gasteiger charge is -1.99. The lowest BCUT2D eigenvalue weighted by molar-refractivity contribution is -0.111. The van der Waals surface area contributed by atoms with Gasteiger partial charge in [-0.15, -0.1) is 0 Å². The first-order chi connectivity index (χ1) is 9.88. The number of aromatic carboxylic acids is 1. The van der Waals surface area contributed by atoms with Crippen LogP contribution in [-0.4, -0.2) is 36.5 Å². The number of carboxylic acid groups (broad SMARTS) is 1. The Morgan fingerprint density at radius 3 is 2.67 bits per heavy atom. The van der Waals surface area contributed by atoms with Crippen LogP contribution >= 0.6 is 0 Å². The first-order valence-corrected chi connectivity index (χ1v) is 6.13. The van der Waals surface area contributed by atoms with Crippen molar-refractivity contribution < 1.29 is 14.7 Å². The lowest BCUT2D eigenvalue weighted by atomic mass is 10.2. The van der Waals surface area contributed by atoms with Gasteiger partial charge in [0.2, 0.25) is 5.91 Å². The third-order valence-electron chi connectivity index (χ3n) is 2.98. The van der Waals surface area contributed by atoms with Crippen LogP contribution in [0.3, 0.4) is 0 Å². The van der Waals surface area contributed by atoms with Crippen molar-refractivity contribution in [2.75, 3.05) is 5.32 Å². The van der Waals surface area contributed by atoms with Crippen molar-refractivity contribution in [2.45, 2.75) is 6.92 Å². The maximum Gasteiger partial charge on any atom is 0.358 e. The van der Waals surface area contributed by atoms with E-state index in [1.807, 2.05) is 14.0 Å². The summed E-state index contributed by atoms with van der Waals surface area (Å²) in [4.78, 5) is 22.8. The number of nitrogens with zero attached hydrogens (tertiary/aromatic N) is 4. The first kappa shape index (κ1) is 14.5. The molecule has 8 nitrogen and oxygen atoms in total. The van der Waals surface area contributed by atoms with E-state index >= 15 is 0 Å². The largest absolute Gasteiger partial charge is 0.476 e. The molecule has 2 aromatic rings. The van der Waals surface area contributed by atoms with E-state index in [1.54, 1.807) is 24.0 Å². The Kier molecular flexibility index (Phi) is 3.88. The standard InChI is InChI=1S/C13H15N5O3/c1-8-9(6-14-18(8)3)4-5-11(19)15-10-7-17(2)16-12(10)13(20)21/h4-7H,1-3H3,(H,15,19)(H,20,21)/b5-4+. The molecule has 0 atom stereocenters. The molecule has 2 N–H and O–H groups in total. The van der Waals surface area contributed by atoms with E-state index in [9.17, 15) is 9.59 Å². The second kappa shape index (κ2) is 5.61. The zero-order valence-electron chi connectivity index (χ0n) is 11.9. The summed E-state index contributed by atoms with van der Waals surface area (Å²) in [7, 11) is 3.39. The summed E-state index contributed by atoms with van der Waals surface area (Å²) in [6.45, 7) is 1.88. The van der Waals surface area contributed by atoms with Gasteiger partial charge in [-0.05, 0) is 13.0 Å². The quantitative estimate of drug-likeness (QED) is 0.811. The Bertz CT molecular complexity index is 726. The summed E-state index contributed by atoms with van der Waals surface area (Å²) in [6.07, 6.45) is 6.02. The van der Waals surface area contributed by atoms with Crippen LogP contribution in [0.1, 0.15) is 21.7 Å². The van der Waals surface area contributed by atoms with E-state index in [0.29, 0.717) is 0 Å². The van der Waals surface area contributed by atoms with Gasteiger partial charge in [0.1, 0.15) is 0 Å². The molecule has 2 rings (SSSR count). The second-order valence-electron chi connectivity index (χ2n) is 4.50. The topological polar surface area (TPSA) is 102 Å². The fraction of sp³-hybridized carbons (Fsp3) is 0.231. The van der Waals surface area contributed by atoms with Gasteiger partial charge in [-0.25, -0.2) is 4.79 Å². The van der Waals surface area contributed by atoms with Gasteiger partial charge in [-0.3, -0.25) is 14.2 Å². The fourth-order valence-corrected chi connectivity index (χ4v) is 1.76. The van der Waals surface area contributed by atoms with Gasteiger partial charge in [0.15, 0.2) is 5.69 Å². The van der Waals surface area contributed by atoms with Crippen LogP contribution in [-0.2, 0) is 18.9 Å². The number of hydrogen-bond donors (Lipinski definition) is 2. The summed E-state index contributed by atoms with van der Waals surface area (Å²) in [6, 6.07) is 0. The smallest absolute Gasteiger partial charge is 0.358 e. The summed E-state index contributed by atoms with van der Waals surface area (Å²) < 4.78 is 3.02. The summed E-state index contributed by atoms with van der Waals surface area (Å²) >= 11 is 0. The molecule has 0 radical (unpaired) electrons. The molecule has 0 bridgehead atoms. The van der Waals surface area contributed by atoms with Crippen molar-refractivity contribution in [3.8, 4) is 0 Å². The molecule has 0 saturated carbocycles. The number of aromatic nitrogens is 4. The number of hydrogen-bond acceptors (Lipinski definition) is 4. The summed E-state index contributed by atoms with van der Waals surface area (Å²) in [5.41, 5.74) is 1.70. The molecule has 0 aliphatic carbocycles. The van der Waals surface area contributed by atoms with E-state index in [1.165, 1.54) is 17.0 Å². The minimum absolute atomic E-state index is 0.155. The average molecular weight is 289 g/mol. The number of carboxylic acids is 1. The number of carbonyl (C=O) groups is 2. The van der Waals surface area contributed by atoms with E-state index in [0.717, 1.165) is 11.3 Å². The monoisotopic (exact) mass is 289 g/mol. The Hall–Kier alpha value is -2.90. The lowest BCUT2D eigenvalue weighted by Crippen LogP contribution is -2.11. The second-order valence-corrected chi connectivity index (χ2v) is 4.50. The Balaban J connectivity index is 2.12. The summed E-state index contributed by atoms with van der Waals surface area (Å²) in [5, 5.41) is 19.3. The van der Waals surface area contributed by atoms with Gasteiger partial charge in [-0.2, -0.15) is 10.2 Å². The zero-order chi connectivity index (χ0) is 15.6. The van der Waals surface area contributed by atoms with E-state index in [-0.39, 0.29) is 11.4 Å². The van der Waals surface area contributed by atoms with Gasteiger partial charge in [0.05, 0.1) is 11.9 Å². The van der Waals surface area contributed by atoms with Crippen molar-refractivity contribution in [2.24, 2.45) is 14.1 Å². The Morgan fingerprint density at radius 2 is 2.10 bits per heavy atom. The van der Waals surface area contributed by atoms with Crippen LogP contribution in [0.15, 0.2) is 18.5 Å². The number of aryl methyl sites for hydroxylation is 2. The van der Waals surface area contributed by atoms with E-state index in [4.69, 9.17) is 5.11 Å². The molecule has 0 fully saturated rings. The number of amides is 1. The van der Waals surface area contributed by atoms with Crippen molar-refractivity contribution in [1.29, 1.82) is 0 Å². The molecular formula is C13H15N5O3. The number of anilines is 1. The zero-order valence-corrected chi connectivity index (χ0v) is 11.9. The third-order valence-corrected chi connectivity index (χ3v) is 2.98. The van der Waals surface area contributed by atoms with E-state index in [2.05, 4.69) is 15.5 Å². The van der Waals surface area contributed by atoms with Crippen LogP contribution < -0.4 is 5.32 Å². The molecule has 0 aliphatic heterocycles. The van der Waals surface area contributed by atoms with Gasteiger partial charge < -0.3 is 10.4 Å². The normalized spacial score (nSPS) is 11.0. The van der Waals surface area contributed by atoms with Crippen LogP contribution in [0.4, 0.5) is 5.69 Å². The summed E-state index contributed by atoms with van der Waals surface area (Å²) in [5.74, 6) is -1.63. The highest BCUT2D eigenvalue weighted by Gasteiger charge is 2.15. The van der Waals surface area contributed by atoms with E-state index < -0.39 is 11.9 Å².